The van der Waals surface area contributed by atoms with Gasteiger partial charge in [0.15, 0.2) is 0 Å². The summed E-state index contributed by atoms with van der Waals surface area (Å²) in [5.41, 5.74) is 4.12. The molecule has 5 rings (SSSR count). The van der Waals surface area contributed by atoms with Gasteiger partial charge in [-0.15, -0.1) is 0 Å². The SMILES string of the molecule is O=C(C[C@H](c1cccc(Oc2ccc(Cl)cc2)c1)c1c[nH]c2ccccc12)NCc1ccncc1. The first-order valence-corrected chi connectivity index (χ1v) is 11.8. The van der Waals surface area contributed by atoms with Crippen LogP contribution in [0.5, 0.6) is 11.5 Å². The average Bonchev–Trinajstić information content (AvgIpc) is 3.32. The molecule has 2 heterocycles. The molecule has 3 aromatic carbocycles. The van der Waals surface area contributed by atoms with Crippen LogP contribution >= 0.6 is 11.6 Å². The molecule has 0 fully saturated rings. The maximum atomic E-state index is 13.1. The smallest absolute Gasteiger partial charge is 0.221 e. The molecule has 0 saturated carbocycles. The Morgan fingerprint density at radius 2 is 1.74 bits per heavy atom. The molecule has 5 aromatic rings. The number of halogens is 1. The Morgan fingerprint density at radius 3 is 2.57 bits per heavy atom. The number of carbonyl (C=O) groups excluding carboxylic acids is 1. The van der Waals surface area contributed by atoms with Crippen LogP contribution < -0.4 is 10.1 Å². The van der Waals surface area contributed by atoms with Gasteiger partial charge in [-0.25, -0.2) is 0 Å². The highest BCUT2D eigenvalue weighted by Gasteiger charge is 2.22. The molecule has 35 heavy (non-hydrogen) atoms. The van der Waals surface area contributed by atoms with Crippen LogP contribution in [0.1, 0.15) is 29.0 Å². The van der Waals surface area contributed by atoms with E-state index in [0.717, 1.165) is 27.6 Å². The number of carbonyl (C=O) groups is 1. The van der Waals surface area contributed by atoms with Gasteiger partial charge in [0, 0.05) is 53.4 Å². The predicted octanol–water partition coefficient (Wildman–Crippen LogP) is 6.85. The second kappa shape index (κ2) is 10.5. The second-order valence-electron chi connectivity index (χ2n) is 8.31. The van der Waals surface area contributed by atoms with E-state index < -0.39 is 0 Å². The maximum Gasteiger partial charge on any atom is 0.221 e. The highest BCUT2D eigenvalue weighted by molar-refractivity contribution is 6.30. The first-order chi connectivity index (χ1) is 17.2. The Kier molecular flexibility index (Phi) is 6.77. The lowest BCUT2D eigenvalue weighted by molar-refractivity contribution is -0.121. The number of hydrogen-bond donors (Lipinski definition) is 2. The lowest BCUT2D eigenvalue weighted by Crippen LogP contribution is -2.25. The van der Waals surface area contributed by atoms with Crippen LogP contribution in [0.3, 0.4) is 0 Å². The normalized spacial score (nSPS) is 11.8. The monoisotopic (exact) mass is 481 g/mol. The van der Waals surface area contributed by atoms with Gasteiger partial charge in [0.25, 0.3) is 0 Å². The fourth-order valence-corrected chi connectivity index (χ4v) is 4.31. The molecule has 0 spiro atoms. The summed E-state index contributed by atoms with van der Waals surface area (Å²) in [6, 6.07) is 27.1. The van der Waals surface area contributed by atoms with Gasteiger partial charge in [0.2, 0.25) is 5.91 Å². The van der Waals surface area contributed by atoms with E-state index in [1.807, 2.05) is 72.9 Å². The minimum Gasteiger partial charge on any atom is -0.457 e. The number of nitrogens with zero attached hydrogens (tertiary/aromatic N) is 1. The van der Waals surface area contributed by atoms with Crippen molar-refractivity contribution >= 4 is 28.4 Å². The van der Waals surface area contributed by atoms with E-state index in [1.54, 1.807) is 24.5 Å². The van der Waals surface area contributed by atoms with Crippen molar-refractivity contribution in [3.8, 4) is 11.5 Å². The average molecular weight is 482 g/mol. The van der Waals surface area contributed by atoms with Gasteiger partial charge < -0.3 is 15.0 Å². The molecular formula is C29H24ClN3O2. The highest BCUT2D eigenvalue weighted by atomic mass is 35.5. The van der Waals surface area contributed by atoms with Gasteiger partial charge in [0.1, 0.15) is 11.5 Å². The summed E-state index contributed by atoms with van der Waals surface area (Å²) in [5, 5.41) is 4.80. The molecule has 0 radical (unpaired) electrons. The van der Waals surface area contributed by atoms with Crippen molar-refractivity contribution in [2.75, 3.05) is 0 Å². The number of hydrogen-bond acceptors (Lipinski definition) is 3. The zero-order valence-corrected chi connectivity index (χ0v) is 19.7. The third-order valence-corrected chi connectivity index (χ3v) is 6.19. The van der Waals surface area contributed by atoms with Crippen molar-refractivity contribution < 1.29 is 9.53 Å². The Balaban J connectivity index is 1.43. The molecule has 2 N–H and O–H groups in total. The van der Waals surface area contributed by atoms with E-state index in [9.17, 15) is 4.79 Å². The predicted molar refractivity (Wildman–Crippen MR) is 139 cm³/mol. The van der Waals surface area contributed by atoms with Crippen LogP contribution in [0.2, 0.25) is 5.02 Å². The van der Waals surface area contributed by atoms with E-state index in [1.165, 1.54) is 0 Å². The number of benzene rings is 3. The van der Waals surface area contributed by atoms with Gasteiger partial charge in [-0.3, -0.25) is 9.78 Å². The Hall–Kier alpha value is -4.09. The van der Waals surface area contributed by atoms with Crippen molar-refractivity contribution in [1.82, 2.24) is 15.3 Å². The van der Waals surface area contributed by atoms with E-state index in [2.05, 4.69) is 21.4 Å². The standard InChI is InChI=1S/C29H24ClN3O2/c30-22-8-10-23(11-9-22)35-24-5-3-4-21(16-24)26(27-19-32-28-7-2-1-6-25(27)28)17-29(34)33-18-20-12-14-31-15-13-20/h1-16,19,26,32H,17-18H2,(H,33,34)/t26-/m1/s1. The van der Waals surface area contributed by atoms with Crippen molar-refractivity contribution in [2.45, 2.75) is 18.9 Å². The molecule has 6 heteroatoms. The van der Waals surface area contributed by atoms with Crippen LogP contribution in [0.15, 0.2) is 104 Å². The second-order valence-corrected chi connectivity index (χ2v) is 8.74. The number of pyridine rings is 1. The first-order valence-electron chi connectivity index (χ1n) is 11.4. The summed E-state index contributed by atoms with van der Waals surface area (Å²) < 4.78 is 6.07. The zero-order chi connectivity index (χ0) is 24.0. The number of amides is 1. The number of rotatable bonds is 8. The van der Waals surface area contributed by atoms with Crippen molar-refractivity contribution in [3.05, 3.63) is 125 Å². The van der Waals surface area contributed by atoms with Crippen LogP contribution in [0.4, 0.5) is 0 Å². The molecule has 5 nitrogen and oxygen atoms in total. The maximum absolute atomic E-state index is 13.1. The van der Waals surface area contributed by atoms with Crippen LogP contribution in [0, 0.1) is 0 Å². The highest BCUT2D eigenvalue weighted by Crippen LogP contribution is 2.35. The molecule has 0 aliphatic rings. The Morgan fingerprint density at radius 1 is 0.943 bits per heavy atom. The number of ether oxygens (including phenoxy) is 1. The zero-order valence-electron chi connectivity index (χ0n) is 18.9. The van der Waals surface area contributed by atoms with Crippen molar-refractivity contribution in [1.29, 1.82) is 0 Å². The van der Waals surface area contributed by atoms with Crippen LogP contribution in [0.25, 0.3) is 10.9 Å². The lowest BCUT2D eigenvalue weighted by Gasteiger charge is -2.18. The Bertz CT molecular complexity index is 1430. The topological polar surface area (TPSA) is 67.0 Å². The van der Waals surface area contributed by atoms with Crippen LogP contribution in [-0.4, -0.2) is 15.9 Å². The molecule has 1 atom stereocenters. The number of para-hydroxylation sites is 1. The van der Waals surface area contributed by atoms with Crippen molar-refractivity contribution in [3.63, 3.8) is 0 Å². The fraction of sp³-hybridized carbons (Fsp3) is 0.103. The molecule has 0 aliphatic carbocycles. The van der Waals surface area contributed by atoms with E-state index in [4.69, 9.17) is 16.3 Å². The number of fused-ring (bicyclic) bond motifs is 1. The minimum atomic E-state index is -0.155. The summed E-state index contributed by atoms with van der Waals surface area (Å²) in [7, 11) is 0. The molecule has 0 unspecified atom stereocenters. The molecule has 0 saturated heterocycles. The van der Waals surface area contributed by atoms with E-state index in [-0.39, 0.29) is 11.8 Å². The van der Waals surface area contributed by atoms with Crippen molar-refractivity contribution in [2.24, 2.45) is 0 Å². The summed E-state index contributed by atoms with van der Waals surface area (Å²) in [4.78, 5) is 20.4. The molecule has 0 aliphatic heterocycles. The molecule has 1 amide bonds. The first kappa shape index (κ1) is 22.7. The van der Waals surface area contributed by atoms with E-state index >= 15 is 0 Å². The summed E-state index contributed by atoms with van der Waals surface area (Å²) in [6.45, 7) is 0.460. The molecule has 174 valence electrons. The third-order valence-electron chi connectivity index (χ3n) is 5.94. The number of nitrogens with one attached hydrogen (secondary N) is 2. The van der Waals surface area contributed by atoms with Crippen LogP contribution in [-0.2, 0) is 11.3 Å². The summed E-state index contributed by atoms with van der Waals surface area (Å²) >= 11 is 6.00. The number of aromatic amines is 1. The fourth-order valence-electron chi connectivity index (χ4n) is 4.18. The molecule has 0 bridgehead atoms. The van der Waals surface area contributed by atoms with Gasteiger partial charge in [-0.1, -0.05) is 41.9 Å². The molecular weight excluding hydrogens is 458 g/mol. The largest absolute Gasteiger partial charge is 0.457 e. The number of aromatic nitrogens is 2. The van der Waals surface area contributed by atoms with Gasteiger partial charge in [-0.2, -0.15) is 0 Å². The third kappa shape index (κ3) is 5.53. The van der Waals surface area contributed by atoms with Gasteiger partial charge >= 0.3 is 0 Å². The Labute approximate surface area is 208 Å². The minimum absolute atomic E-state index is 0.0267. The van der Waals surface area contributed by atoms with E-state index in [0.29, 0.717) is 29.5 Å². The summed E-state index contributed by atoms with van der Waals surface area (Å²) in [6.07, 6.45) is 5.75. The van der Waals surface area contributed by atoms with Gasteiger partial charge in [-0.05, 0) is 71.3 Å². The quantitative estimate of drug-likeness (QED) is 0.255. The molecule has 2 aromatic heterocycles. The lowest BCUT2D eigenvalue weighted by atomic mass is 9.88. The number of H-pyrrole nitrogens is 1. The van der Waals surface area contributed by atoms with Gasteiger partial charge in [0.05, 0.1) is 0 Å². The summed E-state index contributed by atoms with van der Waals surface area (Å²) in [5.74, 6) is 1.22.